The zero-order chi connectivity index (χ0) is 12.0. The van der Waals surface area contributed by atoms with E-state index in [0.717, 1.165) is 32.4 Å². The quantitative estimate of drug-likeness (QED) is 0.674. The van der Waals surface area contributed by atoms with Crippen molar-refractivity contribution in [3.63, 3.8) is 0 Å². The van der Waals surface area contributed by atoms with Crippen LogP contribution < -0.4 is 5.32 Å². The van der Waals surface area contributed by atoms with Crippen molar-refractivity contribution < 1.29 is 4.79 Å². The minimum absolute atomic E-state index is 0.0494. The zero-order valence-corrected chi connectivity index (χ0v) is 11.1. The summed E-state index contributed by atoms with van der Waals surface area (Å²) in [6.45, 7) is 8.50. The van der Waals surface area contributed by atoms with Crippen molar-refractivity contribution in [2.24, 2.45) is 11.3 Å². The van der Waals surface area contributed by atoms with Crippen LogP contribution in [0.3, 0.4) is 0 Å². The molecule has 1 aliphatic rings. The number of rotatable bonds is 7. The summed E-state index contributed by atoms with van der Waals surface area (Å²) in [4.78, 5) is 12.3. The molecule has 1 rings (SSSR count). The van der Waals surface area contributed by atoms with Crippen molar-refractivity contribution in [1.29, 1.82) is 0 Å². The second-order valence-corrected chi connectivity index (χ2v) is 5.47. The minimum atomic E-state index is -0.0494. The average molecular weight is 225 g/mol. The predicted molar refractivity (Wildman–Crippen MR) is 68.5 cm³/mol. The van der Waals surface area contributed by atoms with Gasteiger partial charge in [-0.05, 0) is 25.3 Å². The van der Waals surface area contributed by atoms with Gasteiger partial charge >= 0.3 is 0 Å². The highest BCUT2D eigenvalue weighted by molar-refractivity contribution is 5.85. The van der Waals surface area contributed by atoms with Gasteiger partial charge in [-0.1, -0.05) is 40.0 Å². The lowest BCUT2D eigenvalue weighted by atomic mass is 9.72. The number of unbranched alkanes of at least 4 members (excludes halogenated alkanes) is 3. The molecule has 0 amide bonds. The molecular formula is C14H27NO. The Labute approximate surface area is 100 Å². The van der Waals surface area contributed by atoms with Crippen LogP contribution in [-0.2, 0) is 4.79 Å². The van der Waals surface area contributed by atoms with Crippen LogP contribution in [0.2, 0.25) is 0 Å². The molecule has 2 nitrogen and oxygen atoms in total. The molecule has 1 N–H and O–H groups in total. The minimum Gasteiger partial charge on any atom is -0.316 e. The van der Waals surface area contributed by atoms with Gasteiger partial charge in [0.15, 0.2) is 0 Å². The highest BCUT2D eigenvalue weighted by Gasteiger charge is 2.42. The van der Waals surface area contributed by atoms with Crippen molar-refractivity contribution >= 4 is 5.78 Å². The largest absolute Gasteiger partial charge is 0.316 e. The van der Waals surface area contributed by atoms with Crippen molar-refractivity contribution in [2.45, 2.75) is 59.3 Å². The van der Waals surface area contributed by atoms with Crippen molar-refractivity contribution in [1.82, 2.24) is 5.32 Å². The van der Waals surface area contributed by atoms with Crippen LogP contribution in [0, 0.1) is 11.3 Å². The summed E-state index contributed by atoms with van der Waals surface area (Å²) in [5.74, 6) is 0.977. The van der Waals surface area contributed by atoms with E-state index < -0.39 is 0 Å². The summed E-state index contributed by atoms with van der Waals surface area (Å²) in [6, 6.07) is 0. The standard InChI is InChI=1S/C14H27NO/c1-4-5-6-7-8-13(16)14(12(2)3)9-10-15-11-14/h12,15H,4-11H2,1-3H3. The topological polar surface area (TPSA) is 29.1 Å². The first-order valence-electron chi connectivity index (χ1n) is 6.87. The molecule has 2 heteroatoms. The van der Waals surface area contributed by atoms with Crippen LogP contribution in [0.25, 0.3) is 0 Å². The van der Waals surface area contributed by atoms with Gasteiger partial charge in [-0.15, -0.1) is 0 Å². The first-order chi connectivity index (χ1) is 7.63. The van der Waals surface area contributed by atoms with Gasteiger partial charge in [-0.2, -0.15) is 0 Å². The third-order valence-corrected chi connectivity index (χ3v) is 4.11. The first kappa shape index (κ1) is 13.7. The second-order valence-electron chi connectivity index (χ2n) is 5.47. The molecule has 1 saturated heterocycles. The van der Waals surface area contributed by atoms with Gasteiger partial charge in [0, 0.05) is 18.4 Å². The lowest BCUT2D eigenvalue weighted by Gasteiger charge is -2.31. The maximum absolute atomic E-state index is 12.3. The Balaban J connectivity index is 2.43. The van der Waals surface area contributed by atoms with Gasteiger partial charge in [0.05, 0.1) is 0 Å². The van der Waals surface area contributed by atoms with Crippen molar-refractivity contribution in [3.8, 4) is 0 Å². The van der Waals surface area contributed by atoms with Gasteiger partial charge in [-0.25, -0.2) is 0 Å². The second kappa shape index (κ2) is 6.39. The third kappa shape index (κ3) is 3.07. The summed E-state index contributed by atoms with van der Waals surface area (Å²) in [5.41, 5.74) is -0.0494. The Bertz CT molecular complexity index is 217. The van der Waals surface area contributed by atoms with Crippen LogP contribution in [0.1, 0.15) is 59.3 Å². The van der Waals surface area contributed by atoms with E-state index in [1.54, 1.807) is 0 Å². The molecule has 16 heavy (non-hydrogen) atoms. The number of carbonyl (C=O) groups excluding carboxylic acids is 1. The highest BCUT2D eigenvalue weighted by Crippen LogP contribution is 2.36. The van der Waals surface area contributed by atoms with E-state index in [0.29, 0.717) is 11.7 Å². The van der Waals surface area contributed by atoms with Gasteiger partial charge < -0.3 is 5.32 Å². The fourth-order valence-corrected chi connectivity index (χ4v) is 2.73. The lowest BCUT2D eigenvalue weighted by molar-refractivity contribution is -0.130. The number of ketones is 1. The lowest BCUT2D eigenvalue weighted by Crippen LogP contribution is -2.38. The average Bonchev–Trinajstić information content (AvgIpc) is 2.74. The van der Waals surface area contributed by atoms with E-state index in [9.17, 15) is 4.79 Å². The molecule has 1 aliphatic heterocycles. The molecular weight excluding hydrogens is 198 g/mol. The van der Waals surface area contributed by atoms with E-state index in [-0.39, 0.29) is 5.41 Å². The smallest absolute Gasteiger partial charge is 0.140 e. The molecule has 0 radical (unpaired) electrons. The molecule has 0 spiro atoms. The summed E-state index contributed by atoms with van der Waals surface area (Å²) in [5, 5.41) is 3.36. The summed E-state index contributed by atoms with van der Waals surface area (Å²) >= 11 is 0. The molecule has 0 aliphatic carbocycles. The number of hydrogen-bond donors (Lipinski definition) is 1. The van der Waals surface area contributed by atoms with Gasteiger partial charge in [-0.3, -0.25) is 4.79 Å². The van der Waals surface area contributed by atoms with Crippen LogP contribution in [0.5, 0.6) is 0 Å². The Morgan fingerprint density at radius 2 is 2.06 bits per heavy atom. The third-order valence-electron chi connectivity index (χ3n) is 4.11. The highest BCUT2D eigenvalue weighted by atomic mass is 16.1. The van der Waals surface area contributed by atoms with E-state index in [4.69, 9.17) is 0 Å². The Morgan fingerprint density at radius 1 is 1.31 bits per heavy atom. The number of nitrogens with one attached hydrogen (secondary N) is 1. The first-order valence-corrected chi connectivity index (χ1v) is 6.87. The zero-order valence-electron chi connectivity index (χ0n) is 11.1. The van der Waals surface area contributed by atoms with E-state index >= 15 is 0 Å². The Morgan fingerprint density at radius 3 is 2.56 bits per heavy atom. The molecule has 0 aromatic carbocycles. The maximum atomic E-state index is 12.3. The SMILES string of the molecule is CCCCCCC(=O)C1(C(C)C)CCNC1. The molecule has 1 atom stereocenters. The number of hydrogen-bond acceptors (Lipinski definition) is 2. The fraction of sp³-hybridized carbons (Fsp3) is 0.929. The predicted octanol–water partition coefficient (Wildman–Crippen LogP) is 3.16. The van der Waals surface area contributed by atoms with Crippen LogP contribution in [0.15, 0.2) is 0 Å². The van der Waals surface area contributed by atoms with E-state index in [1.165, 1.54) is 19.3 Å². The molecule has 0 aromatic rings. The fourth-order valence-electron chi connectivity index (χ4n) is 2.73. The Hall–Kier alpha value is -0.370. The molecule has 94 valence electrons. The summed E-state index contributed by atoms with van der Waals surface area (Å²) < 4.78 is 0. The van der Waals surface area contributed by atoms with Gasteiger partial charge in [0.25, 0.3) is 0 Å². The number of Topliss-reactive ketones (excluding diaryl/α,β-unsaturated/α-hetero) is 1. The van der Waals surface area contributed by atoms with Crippen LogP contribution in [0.4, 0.5) is 0 Å². The molecule has 0 saturated carbocycles. The monoisotopic (exact) mass is 225 g/mol. The van der Waals surface area contributed by atoms with Gasteiger partial charge in [0.1, 0.15) is 5.78 Å². The molecule has 0 aromatic heterocycles. The molecule has 1 fully saturated rings. The van der Waals surface area contributed by atoms with Crippen LogP contribution in [-0.4, -0.2) is 18.9 Å². The van der Waals surface area contributed by atoms with E-state index in [1.807, 2.05) is 0 Å². The summed E-state index contributed by atoms with van der Waals surface area (Å²) in [7, 11) is 0. The normalized spacial score (nSPS) is 25.2. The molecule has 1 unspecified atom stereocenters. The maximum Gasteiger partial charge on any atom is 0.140 e. The Kier molecular flexibility index (Phi) is 5.47. The van der Waals surface area contributed by atoms with Crippen LogP contribution >= 0.6 is 0 Å². The molecule has 1 heterocycles. The summed E-state index contributed by atoms with van der Waals surface area (Å²) in [6.07, 6.45) is 6.63. The van der Waals surface area contributed by atoms with E-state index in [2.05, 4.69) is 26.1 Å². The number of carbonyl (C=O) groups is 1. The van der Waals surface area contributed by atoms with Gasteiger partial charge in [0.2, 0.25) is 0 Å². The van der Waals surface area contributed by atoms with Crippen molar-refractivity contribution in [3.05, 3.63) is 0 Å². The van der Waals surface area contributed by atoms with Crippen molar-refractivity contribution in [2.75, 3.05) is 13.1 Å². The molecule has 0 bridgehead atoms.